The Labute approximate surface area is 98.2 Å². The van der Waals surface area contributed by atoms with Crippen molar-refractivity contribution in [2.45, 2.75) is 30.4 Å². The lowest BCUT2D eigenvalue weighted by Gasteiger charge is -2.37. The van der Waals surface area contributed by atoms with Crippen LogP contribution in [-0.2, 0) is 5.75 Å². The van der Waals surface area contributed by atoms with E-state index in [0.29, 0.717) is 0 Å². The molecule has 1 aromatic carbocycles. The molecule has 0 aromatic heterocycles. The number of halogens is 2. The van der Waals surface area contributed by atoms with Crippen molar-refractivity contribution in [1.29, 1.82) is 0 Å². The number of benzene rings is 1. The van der Waals surface area contributed by atoms with Gasteiger partial charge < -0.3 is 5.73 Å². The molecule has 82 valence electrons. The van der Waals surface area contributed by atoms with Gasteiger partial charge in [-0.05, 0) is 37.1 Å². The van der Waals surface area contributed by atoms with E-state index in [2.05, 4.69) is 13.8 Å². The molecule has 2 N–H and O–H groups in total. The fourth-order valence-electron chi connectivity index (χ4n) is 1.75. The van der Waals surface area contributed by atoms with E-state index < -0.39 is 0 Å². The van der Waals surface area contributed by atoms with E-state index in [1.165, 1.54) is 6.07 Å². The number of hydrogen-bond donors (Lipinski definition) is 1. The van der Waals surface area contributed by atoms with Crippen molar-refractivity contribution in [3.63, 3.8) is 0 Å². The summed E-state index contributed by atoms with van der Waals surface area (Å²) in [6.07, 6.45) is 0. The van der Waals surface area contributed by atoms with Crippen LogP contribution in [0, 0.1) is 5.82 Å². The van der Waals surface area contributed by atoms with Gasteiger partial charge in [-0.2, -0.15) is 0 Å². The molecule has 4 heteroatoms. The normalized spacial score (nSPS) is 23.7. The fraction of sp³-hybridized carbons (Fsp3) is 0.455. The summed E-state index contributed by atoms with van der Waals surface area (Å²) >= 11 is 7.52. The van der Waals surface area contributed by atoms with Gasteiger partial charge in [-0.15, -0.1) is 11.8 Å². The zero-order valence-electron chi connectivity index (χ0n) is 8.68. The molecule has 0 spiro atoms. The van der Waals surface area contributed by atoms with E-state index in [0.717, 1.165) is 16.9 Å². The van der Waals surface area contributed by atoms with Gasteiger partial charge in [0.1, 0.15) is 5.82 Å². The molecule has 1 aliphatic rings. The lowest BCUT2D eigenvalue weighted by Crippen LogP contribution is -2.36. The molecular formula is C11H13ClFNS. The van der Waals surface area contributed by atoms with Crippen LogP contribution in [0.25, 0.3) is 0 Å². The number of nitrogens with two attached hydrogens (primary N) is 1. The Kier molecular flexibility index (Phi) is 2.73. The zero-order chi connectivity index (χ0) is 11.2. The summed E-state index contributed by atoms with van der Waals surface area (Å²) in [5.41, 5.74) is 8.08. The van der Waals surface area contributed by atoms with Crippen molar-refractivity contribution in [1.82, 2.24) is 0 Å². The van der Waals surface area contributed by atoms with Gasteiger partial charge in [0, 0.05) is 16.5 Å². The molecular weight excluding hydrogens is 233 g/mol. The maximum absolute atomic E-state index is 13.2. The number of rotatable bonds is 0. The van der Waals surface area contributed by atoms with E-state index in [-0.39, 0.29) is 21.6 Å². The molecule has 0 bridgehead atoms. The fourth-order valence-corrected chi connectivity index (χ4v) is 3.00. The van der Waals surface area contributed by atoms with Gasteiger partial charge in [-0.25, -0.2) is 4.39 Å². The van der Waals surface area contributed by atoms with Crippen LogP contribution in [-0.4, -0.2) is 4.75 Å². The Hall–Kier alpha value is -0.250. The number of hydrogen-bond acceptors (Lipinski definition) is 2. The van der Waals surface area contributed by atoms with Gasteiger partial charge >= 0.3 is 0 Å². The standard InChI is InChI=1S/C11H13ClFNS/c1-11(2)10(14)7-4-8(12)9(13)3-6(7)5-15-11/h3-4,10H,5,14H2,1-2H3. The van der Waals surface area contributed by atoms with E-state index >= 15 is 0 Å². The molecule has 2 rings (SSSR count). The number of thioether (sulfide) groups is 1. The lowest BCUT2D eigenvalue weighted by atomic mass is 9.92. The first-order chi connectivity index (χ1) is 6.92. The average molecular weight is 246 g/mol. The Morgan fingerprint density at radius 2 is 2.20 bits per heavy atom. The summed E-state index contributed by atoms with van der Waals surface area (Å²) in [4.78, 5) is 0. The molecule has 0 fully saturated rings. The van der Waals surface area contributed by atoms with E-state index in [1.54, 1.807) is 17.8 Å². The first-order valence-electron chi connectivity index (χ1n) is 4.79. The molecule has 1 heterocycles. The van der Waals surface area contributed by atoms with E-state index in [4.69, 9.17) is 17.3 Å². The van der Waals surface area contributed by atoms with Crippen molar-refractivity contribution in [2.24, 2.45) is 5.73 Å². The van der Waals surface area contributed by atoms with Crippen molar-refractivity contribution < 1.29 is 4.39 Å². The van der Waals surface area contributed by atoms with Crippen molar-refractivity contribution in [3.05, 3.63) is 34.1 Å². The summed E-state index contributed by atoms with van der Waals surface area (Å²) in [5, 5.41) is 0.159. The molecule has 0 amide bonds. The highest BCUT2D eigenvalue weighted by molar-refractivity contribution is 7.99. The maximum atomic E-state index is 13.2. The van der Waals surface area contributed by atoms with Crippen LogP contribution in [0.15, 0.2) is 12.1 Å². The van der Waals surface area contributed by atoms with Gasteiger partial charge in [-0.1, -0.05) is 11.6 Å². The highest BCUT2D eigenvalue weighted by Crippen LogP contribution is 2.45. The summed E-state index contributed by atoms with van der Waals surface area (Å²) in [5.74, 6) is 0.437. The van der Waals surface area contributed by atoms with Gasteiger partial charge in [0.2, 0.25) is 0 Å². The van der Waals surface area contributed by atoms with Crippen LogP contribution >= 0.6 is 23.4 Å². The monoisotopic (exact) mass is 245 g/mol. The lowest BCUT2D eigenvalue weighted by molar-refractivity contribution is 0.548. The summed E-state index contributed by atoms with van der Waals surface area (Å²) in [7, 11) is 0. The second kappa shape index (κ2) is 3.65. The Bertz CT molecular complexity index is 406. The molecule has 0 saturated carbocycles. The van der Waals surface area contributed by atoms with E-state index in [1.807, 2.05) is 0 Å². The first kappa shape index (κ1) is 11.2. The molecule has 0 saturated heterocycles. The van der Waals surface area contributed by atoms with Crippen LogP contribution in [0.2, 0.25) is 5.02 Å². The van der Waals surface area contributed by atoms with Gasteiger partial charge in [0.25, 0.3) is 0 Å². The molecule has 1 atom stereocenters. The quantitative estimate of drug-likeness (QED) is 0.757. The van der Waals surface area contributed by atoms with Crippen molar-refractivity contribution in [2.75, 3.05) is 0 Å². The largest absolute Gasteiger partial charge is 0.323 e. The SMILES string of the molecule is CC1(C)SCc2cc(F)c(Cl)cc2C1N. The Balaban J connectivity index is 2.52. The minimum absolute atomic E-state index is 0.0197. The van der Waals surface area contributed by atoms with Gasteiger partial charge in [-0.3, -0.25) is 0 Å². The van der Waals surface area contributed by atoms with Gasteiger partial charge in [0.15, 0.2) is 0 Å². The highest BCUT2D eigenvalue weighted by atomic mass is 35.5. The van der Waals surface area contributed by atoms with Crippen LogP contribution < -0.4 is 5.73 Å². The number of fused-ring (bicyclic) bond motifs is 1. The minimum Gasteiger partial charge on any atom is -0.323 e. The van der Waals surface area contributed by atoms with Crippen molar-refractivity contribution in [3.8, 4) is 0 Å². The Morgan fingerprint density at radius 3 is 2.87 bits per heavy atom. The molecule has 1 unspecified atom stereocenters. The van der Waals surface area contributed by atoms with Crippen LogP contribution in [0.3, 0.4) is 0 Å². The first-order valence-corrected chi connectivity index (χ1v) is 6.15. The topological polar surface area (TPSA) is 26.0 Å². The molecule has 1 nitrogen and oxygen atoms in total. The highest BCUT2D eigenvalue weighted by Gasteiger charge is 2.34. The summed E-state index contributed by atoms with van der Waals surface area (Å²) in [6, 6.07) is 3.07. The minimum atomic E-state index is -0.358. The molecule has 1 aliphatic heterocycles. The third-order valence-electron chi connectivity index (χ3n) is 2.87. The Morgan fingerprint density at radius 1 is 1.53 bits per heavy atom. The second-order valence-electron chi connectivity index (χ2n) is 4.33. The zero-order valence-corrected chi connectivity index (χ0v) is 10.3. The summed E-state index contributed by atoms with van der Waals surface area (Å²) in [6.45, 7) is 4.20. The van der Waals surface area contributed by atoms with Gasteiger partial charge in [0.05, 0.1) is 5.02 Å². The van der Waals surface area contributed by atoms with Crippen LogP contribution in [0.4, 0.5) is 4.39 Å². The third kappa shape index (κ3) is 1.88. The average Bonchev–Trinajstić information content (AvgIpc) is 2.16. The van der Waals surface area contributed by atoms with Crippen LogP contribution in [0.1, 0.15) is 31.0 Å². The molecule has 15 heavy (non-hydrogen) atoms. The summed E-state index contributed by atoms with van der Waals surface area (Å²) < 4.78 is 13.2. The molecule has 1 aromatic rings. The third-order valence-corrected chi connectivity index (χ3v) is 4.61. The maximum Gasteiger partial charge on any atom is 0.142 e. The predicted molar refractivity (Wildman–Crippen MR) is 63.7 cm³/mol. The smallest absolute Gasteiger partial charge is 0.142 e. The van der Waals surface area contributed by atoms with E-state index in [9.17, 15) is 4.39 Å². The predicted octanol–water partition coefficient (Wildman–Crippen LogP) is 3.50. The van der Waals surface area contributed by atoms with Crippen LogP contribution in [0.5, 0.6) is 0 Å². The van der Waals surface area contributed by atoms with Crippen molar-refractivity contribution >= 4 is 23.4 Å². The molecule has 0 aliphatic carbocycles. The second-order valence-corrected chi connectivity index (χ2v) is 6.37. The molecule has 0 radical (unpaired) electrons.